The van der Waals surface area contributed by atoms with E-state index in [-0.39, 0.29) is 15.7 Å². The van der Waals surface area contributed by atoms with Gasteiger partial charge in [-0.1, -0.05) is 36.9 Å². The fourth-order valence-corrected chi connectivity index (χ4v) is 2.64. The summed E-state index contributed by atoms with van der Waals surface area (Å²) in [4.78, 5) is 0. The summed E-state index contributed by atoms with van der Waals surface area (Å²) in [6.45, 7) is 9.73. The smallest absolute Gasteiger partial charge is 0.299 e. The Balaban J connectivity index is 2.18. The van der Waals surface area contributed by atoms with Crippen LogP contribution >= 0.6 is 0 Å². The summed E-state index contributed by atoms with van der Waals surface area (Å²) < 4.78 is 16.5. The number of hydrogen-bond acceptors (Lipinski definition) is 3. The number of hydrogen-bond donors (Lipinski definition) is 0. The van der Waals surface area contributed by atoms with Gasteiger partial charge in [-0.3, -0.25) is 0 Å². The average molecular weight is 292 g/mol. The summed E-state index contributed by atoms with van der Waals surface area (Å²) in [6.07, 6.45) is 3.88. The van der Waals surface area contributed by atoms with Gasteiger partial charge in [-0.05, 0) is 37.8 Å². The molecule has 0 saturated carbocycles. The Morgan fingerprint density at radius 1 is 1.25 bits per heavy atom. The molecule has 110 valence electrons. The third-order valence-corrected chi connectivity index (χ3v) is 3.61. The van der Waals surface area contributed by atoms with Crippen LogP contribution in [0.3, 0.4) is 0 Å². The predicted molar refractivity (Wildman–Crippen MR) is 83.6 cm³/mol. The molecule has 20 heavy (non-hydrogen) atoms. The molecule has 0 atom stereocenters. The van der Waals surface area contributed by atoms with Gasteiger partial charge in [0, 0.05) is 19.8 Å². The molecule has 1 aromatic carbocycles. The van der Waals surface area contributed by atoms with Gasteiger partial charge in [0.25, 0.3) is 9.76 Å². The first-order valence-corrected chi connectivity index (χ1v) is 8.10. The minimum atomic E-state index is -0.214. The van der Waals surface area contributed by atoms with Crippen molar-refractivity contribution in [3.05, 3.63) is 42.0 Å². The first-order valence-electron chi connectivity index (χ1n) is 7.12. The highest BCUT2D eigenvalue weighted by Gasteiger charge is 2.10. The van der Waals surface area contributed by atoms with E-state index in [1.54, 1.807) is 0 Å². The highest BCUT2D eigenvalue weighted by molar-refractivity contribution is 6.28. The topological polar surface area (TPSA) is 27.7 Å². The molecule has 3 nitrogen and oxygen atoms in total. The monoisotopic (exact) mass is 292 g/mol. The second-order valence-electron chi connectivity index (χ2n) is 4.26. The maximum atomic E-state index is 5.64. The summed E-state index contributed by atoms with van der Waals surface area (Å²) in [6, 6.07) is 8.43. The minimum Gasteiger partial charge on any atom is -0.412 e. The van der Waals surface area contributed by atoms with E-state index >= 15 is 0 Å². The third-order valence-electron chi connectivity index (χ3n) is 2.71. The molecule has 0 aliphatic carbocycles. The van der Waals surface area contributed by atoms with E-state index < -0.39 is 0 Å². The highest BCUT2D eigenvalue weighted by atomic mass is 28.2. The van der Waals surface area contributed by atoms with Gasteiger partial charge in [-0.2, -0.15) is 0 Å². The lowest BCUT2D eigenvalue weighted by atomic mass is 10.1. The fraction of sp³-hybridized carbons (Fsp3) is 0.500. The summed E-state index contributed by atoms with van der Waals surface area (Å²) in [5.41, 5.74) is 2.48. The predicted octanol–water partition coefficient (Wildman–Crippen LogP) is 3.25. The molecule has 0 aliphatic rings. The molecule has 0 N–H and O–H groups in total. The lowest BCUT2D eigenvalue weighted by Gasteiger charge is -2.15. The van der Waals surface area contributed by atoms with Crippen LogP contribution < -0.4 is 0 Å². The molecule has 1 aromatic rings. The van der Waals surface area contributed by atoms with Crippen LogP contribution in [0.5, 0.6) is 0 Å². The van der Waals surface area contributed by atoms with Crippen molar-refractivity contribution in [3.8, 4) is 0 Å². The van der Waals surface area contributed by atoms with E-state index in [1.165, 1.54) is 5.56 Å². The van der Waals surface area contributed by atoms with Crippen molar-refractivity contribution >= 4 is 15.8 Å². The van der Waals surface area contributed by atoms with E-state index in [9.17, 15) is 0 Å². The number of rotatable bonds is 11. The second-order valence-corrected chi connectivity index (χ2v) is 5.26. The van der Waals surface area contributed by atoms with Crippen LogP contribution in [0.2, 0.25) is 0 Å². The van der Waals surface area contributed by atoms with Crippen molar-refractivity contribution in [2.24, 2.45) is 0 Å². The van der Waals surface area contributed by atoms with Crippen molar-refractivity contribution in [1.82, 2.24) is 0 Å². The van der Waals surface area contributed by atoms with Crippen LogP contribution in [-0.2, 0) is 20.3 Å². The Hall–Kier alpha value is -0.943. The van der Waals surface area contributed by atoms with Crippen molar-refractivity contribution in [3.63, 3.8) is 0 Å². The molecule has 0 heterocycles. The van der Waals surface area contributed by atoms with Gasteiger partial charge in [0.05, 0.1) is 0 Å². The van der Waals surface area contributed by atoms with Crippen molar-refractivity contribution in [2.45, 2.75) is 32.6 Å². The SMILES string of the molecule is C=Cc1cccc(CCCO[Si]C(OCC)OCC)c1. The van der Waals surface area contributed by atoms with Gasteiger partial charge >= 0.3 is 0 Å². The zero-order chi connectivity index (χ0) is 14.6. The van der Waals surface area contributed by atoms with Crippen LogP contribution in [0.15, 0.2) is 30.8 Å². The lowest BCUT2D eigenvalue weighted by molar-refractivity contribution is -0.0899. The molecule has 2 radical (unpaired) electrons. The minimum absolute atomic E-state index is 0.214. The summed E-state index contributed by atoms with van der Waals surface area (Å²) in [5.74, 6) is -0.214. The van der Waals surface area contributed by atoms with Crippen molar-refractivity contribution in [2.75, 3.05) is 19.8 Å². The molecule has 4 heteroatoms. The molecule has 0 amide bonds. The number of aryl methyl sites for hydroxylation is 1. The van der Waals surface area contributed by atoms with Gasteiger partial charge in [-0.15, -0.1) is 0 Å². The van der Waals surface area contributed by atoms with E-state index in [2.05, 4.69) is 30.8 Å². The Labute approximate surface area is 124 Å². The molecule has 0 bridgehead atoms. The third kappa shape index (κ3) is 7.00. The van der Waals surface area contributed by atoms with Gasteiger partial charge in [0.15, 0.2) is 5.91 Å². The summed E-state index contributed by atoms with van der Waals surface area (Å²) in [5, 5.41) is 0. The summed E-state index contributed by atoms with van der Waals surface area (Å²) in [7, 11) is 0.242. The summed E-state index contributed by atoms with van der Waals surface area (Å²) >= 11 is 0. The molecule has 0 fully saturated rings. The van der Waals surface area contributed by atoms with E-state index in [0.29, 0.717) is 13.2 Å². The van der Waals surface area contributed by atoms with E-state index in [0.717, 1.165) is 25.0 Å². The standard InChI is InChI=1S/C16H24O3Si/c1-4-14-9-7-10-15(13-14)11-8-12-19-20-16(17-5-2)18-6-3/h4,7,9-10,13,16H,1,5-6,8,11-12H2,2-3H3. The Morgan fingerprint density at radius 3 is 2.65 bits per heavy atom. The van der Waals surface area contributed by atoms with E-state index in [4.69, 9.17) is 13.9 Å². The first-order chi connectivity index (χ1) is 9.80. The Morgan fingerprint density at radius 2 is 2.00 bits per heavy atom. The molecule has 0 saturated heterocycles. The molecule has 0 unspecified atom stereocenters. The van der Waals surface area contributed by atoms with Crippen LogP contribution in [-0.4, -0.2) is 35.5 Å². The van der Waals surface area contributed by atoms with Gasteiger partial charge in [-0.25, -0.2) is 0 Å². The molecular weight excluding hydrogens is 268 g/mol. The van der Waals surface area contributed by atoms with Crippen LogP contribution in [0.4, 0.5) is 0 Å². The first kappa shape index (κ1) is 17.1. The van der Waals surface area contributed by atoms with Gasteiger partial charge < -0.3 is 13.9 Å². The molecular formula is C16H24O3Si. The Kier molecular flexibility index (Phi) is 9.24. The fourth-order valence-electron chi connectivity index (χ4n) is 1.77. The maximum absolute atomic E-state index is 5.64. The molecule has 0 aliphatic heterocycles. The number of benzene rings is 1. The zero-order valence-electron chi connectivity index (χ0n) is 12.4. The van der Waals surface area contributed by atoms with Crippen LogP contribution in [0.25, 0.3) is 6.08 Å². The number of ether oxygens (including phenoxy) is 2. The van der Waals surface area contributed by atoms with E-state index in [1.807, 2.05) is 19.9 Å². The lowest BCUT2D eigenvalue weighted by Crippen LogP contribution is -2.27. The van der Waals surface area contributed by atoms with Crippen molar-refractivity contribution < 1.29 is 13.9 Å². The molecule has 0 spiro atoms. The molecule has 1 rings (SSSR count). The second kappa shape index (κ2) is 10.8. The normalized spacial score (nSPS) is 10.9. The Bertz CT molecular complexity index is 376. The maximum Gasteiger partial charge on any atom is 0.299 e. The quantitative estimate of drug-likeness (QED) is 0.356. The van der Waals surface area contributed by atoms with Gasteiger partial charge in [0.1, 0.15) is 0 Å². The molecule has 0 aromatic heterocycles. The largest absolute Gasteiger partial charge is 0.412 e. The van der Waals surface area contributed by atoms with Crippen LogP contribution in [0.1, 0.15) is 31.4 Å². The zero-order valence-corrected chi connectivity index (χ0v) is 13.4. The average Bonchev–Trinajstić information content (AvgIpc) is 2.47. The van der Waals surface area contributed by atoms with Crippen LogP contribution in [0, 0.1) is 0 Å². The van der Waals surface area contributed by atoms with Gasteiger partial charge in [0.2, 0.25) is 0 Å². The highest BCUT2D eigenvalue weighted by Crippen LogP contribution is 2.08. The van der Waals surface area contributed by atoms with Crippen molar-refractivity contribution in [1.29, 1.82) is 0 Å².